The zero-order chi connectivity index (χ0) is 28.6. The van der Waals surface area contributed by atoms with Crippen LogP contribution in [0.15, 0.2) is 51.9 Å². The summed E-state index contributed by atoms with van der Waals surface area (Å²) in [6.07, 6.45) is 10.5. The van der Waals surface area contributed by atoms with Crippen molar-refractivity contribution in [2.75, 3.05) is 29.0 Å². The van der Waals surface area contributed by atoms with E-state index >= 15 is 0 Å². The number of hydrogen-bond acceptors (Lipinski definition) is 9. The van der Waals surface area contributed by atoms with Crippen molar-refractivity contribution >= 4 is 52.9 Å². The minimum absolute atomic E-state index is 0.167. The summed E-state index contributed by atoms with van der Waals surface area (Å²) in [5.41, 5.74) is 3.73. The first-order valence-electron chi connectivity index (χ1n) is 14.2. The van der Waals surface area contributed by atoms with Gasteiger partial charge in [-0.2, -0.15) is 4.98 Å². The van der Waals surface area contributed by atoms with Gasteiger partial charge in [-0.05, 0) is 62.3 Å². The lowest BCUT2D eigenvalue weighted by molar-refractivity contribution is 0.0779. The summed E-state index contributed by atoms with van der Waals surface area (Å²) in [6, 6.07) is 7.01. The summed E-state index contributed by atoms with van der Waals surface area (Å²) < 4.78 is 5.34. The third kappa shape index (κ3) is 5.80. The smallest absolute Gasteiger partial charge is 0.319 e. The SMILES string of the molecule is O=C(Nc1ccc2cc1CCC1C=NC=C(C1)Nc1ncc(Cl)c(n1)N2)N[C@H]1CCN(C(=O)c2cc(C3CC3)on2)C1. The maximum absolute atomic E-state index is 13.1. The van der Waals surface area contributed by atoms with Crippen molar-refractivity contribution in [3.05, 3.63) is 64.4 Å². The number of nitrogens with one attached hydrogen (secondary N) is 4. The average Bonchev–Trinajstić information content (AvgIpc) is 3.52. The molecule has 3 aliphatic heterocycles. The molecule has 2 atom stereocenters. The molecule has 4 aliphatic rings. The standard InChI is InChI=1S/C29H30ClN9O3/c30-22-14-32-28-34-21-9-16(12-31-13-21)1-2-18-10-19(33-26(22)37-28)5-6-23(18)36-29(41)35-20-7-8-39(15-20)27(40)24-11-25(42-38-24)17-3-4-17/h5-6,10-14,16-17,20H,1-4,7-9,15H2,(H2,35,36,41)(H2,32,33,34,37)/t16?,20-/m0/s1. The van der Waals surface area contributed by atoms with Crippen LogP contribution in [0.2, 0.25) is 5.02 Å². The number of benzene rings is 1. The molecule has 4 N–H and O–H groups in total. The normalized spacial score (nSPS) is 21.2. The van der Waals surface area contributed by atoms with Gasteiger partial charge >= 0.3 is 6.03 Å². The molecule has 1 aromatic carbocycles. The van der Waals surface area contributed by atoms with Crippen LogP contribution >= 0.6 is 11.6 Å². The monoisotopic (exact) mass is 587 g/mol. The highest BCUT2D eigenvalue weighted by molar-refractivity contribution is 6.32. The van der Waals surface area contributed by atoms with Crippen molar-refractivity contribution in [3.8, 4) is 0 Å². The number of aliphatic imine (C=N–C) groups is 1. The van der Waals surface area contributed by atoms with E-state index in [1.165, 1.54) is 0 Å². The highest BCUT2D eigenvalue weighted by atomic mass is 35.5. The van der Waals surface area contributed by atoms with Crippen LogP contribution in [-0.4, -0.2) is 57.3 Å². The van der Waals surface area contributed by atoms with Crippen molar-refractivity contribution in [1.82, 2.24) is 25.3 Å². The van der Waals surface area contributed by atoms with Gasteiger partial charge in [-0.1, -0.05) is 16.8 Å². The van der Waals surface area contributed by atoms with Crippen LogP contribution in [0.3, 0.4) is 0 Å². The van der Waals surface area contributed by atoms with E-state index in [2.05, 4.69) is 41.4 Å². The van der Waals surface area contributed by atoms with Crippen molar-refractivity contribution in [2.45, 2.75) is 50.5 Å². The first-order chi connectivity index (χ1) is 20.5. The van der Waals surface area contributed by atoms with Gasteiger partial charge in [0.25, 0.3) is 5.91 Å². The van der Waals surface area contributed by atoms with Crippen LogP contribution < -0.4 is 21.3 Å². The molecule has 2 fully saturated rings. The summed E-state index contributed by atoms with van der Waals surface area (Å²) in [5, 5.41) is 16.9. The van der Waals surface area contributed by atoms with Crippen LogP contribution in [-0.2, 0) is 6.42 Å². The second kappa shape index (κ2) is 11.1. The molecule has 0 spiro atoms. The predicted octanol–water partition coefficient (Wildman–Crippen LogP) is 5.07. The number of fused-ring (bicyclic) bond motifs is 6. The van der Waals surface area contributed by atoms with Crippen LogP contribution in [0, 0.1) is 5.92 Å². The Morgan fingerprint density at radius 2 is 2.02 bits per heavy atom. The first kappa shape index (κ1) is 26.4. The lowest BCUT2D eigenvalue weighted by atomic mass is 9.94. The highest BCUT2D eigenvalue weighted by Crippen LogP contribution is 2.40. The summed E-state index contributed by atoms with van der Waals surface area (Å²) in [6.45, 7) is 0.961. The molecule has 5 heterocycles. The number of aryl methyl sites for hydroxylation is 1. The summed E-state index contributed by atoms with van der Waals surface area (Å²) in [4.78, 5) is 41.0. The molecule has 3 amide bonds. The van der Waals surface area contributed by atoms with E-state index in [1.807, 2.05) is 24.4 Å². The van der Waals surface area contributed by atoms with Gasteiger partial charge in [-0.25, -0.2) is 9.78 Å². The molecule has 1 saturated carbocycles. The maximum Gasteiger partial charge on any atom is 0.319 e. The molecule has 12 nitrogen and oxygen atoms in total. The molecule has 1 unspecified atom stereocenters. The van der Waals surface area contributed by atoms with Gasteiger partial charge in [0.1, 0.15) is 10.8 Å². The number of urea groups is 1. The fourth-order valence-electron chi connectivity index (χ4n) is 5.56. The lowest BCUT2D eigenvalue weighted by Gasteiger charge is -2.19. The molecule has 3 aromatic rings. The Morgan fingerprint density at radius 1 is 1.12 bits per heavy atom. The van der Waals surface area contributed by atoms with Crippen molar-refractivity contribution in [1.29, 1.82) is 0 Å². The fraction of sp³-hybridized carbons (Fsp3) is 0.379. The van der Waals surface area contributed by atoms with Crippen LogP contribution in [0.5, 0.6) is 0 Å². The fourth-order valence-corrected chi connectivity index (χ4v) is 5.70. The number of aromatic nitrogens is 3. The Kier molecular flexibility index (Phi) is 6.98. The molecule has 216 valence electrons. The highest BCUT2D eigenvalue weighted by Gasteiger charge is 2.32. The number of allylic oxidation sites excluding steroid dienone is 1. The van der Waals surface area contributed by atoms with E-state index in [0.29, 0.717) is 53.6 Å². The number of likely N-dealkylation sites (tertiary alicyclic amines) is 1. The molecule has 42 heavy (non-hydrogen) atoms. The van der Waals surface area contributed by atoms with Gasteiger partial charge < -0.3 is 30.7 Å². The van der Waals surface area contributed by atoms with Gasteiger partial charge in [-0.15, -0.1) is 0 Å². The lowest BCUT2D eigenvalue weighted by Crippen LogP contribution is -2.40. The average molecular weight is 588 g/mol. The van der Waals surface area contributed by atoms with E-state index < -0.39 is 0 Å². The number of nitrogens with zero attached hydrogens (tertiary/aromatic N) is 5. The molecular weight excluding hydrogens is 558 g/mol. The van der Waals surface area contributed by atoms with Crippen molar-refractivity contribution in [3.63, 3.8) is 0 Å². The molecule has 13 heteroatoms. The van der Waals surface area contributed by atoms with E-state index in [0.717, 1.165) is 54.8 Å². The van der Waals surface area contributed by atoms with Crippen LogP contribution in [0.25, 0.3) is 0 Å². The zero-order valence-corrected chi connectivity index (χ0v) is 23.5. The minimum Gasteiger partial charge on any atom is -0.360 e. The quantitative estimate of drug-likeness (QED) is 0.331. The zero-order valence-electron chi connectivity index (χ0n) is 22.8. The molecule has 7 rings (SSSR count). The number of anilines is 4. The number of amides is 3. The Morgan fingerprint density at radius 3 is 2.90 bits per heavy atom. The first-order valence-corrected chi connectivity index (χ1v) is 14.6. The topological polar surface area (TPSA) is 150 Å². The number of halogens is 1. The Balaban J connectivity index is 1.03. The third-order valence-corrected chi connectivity index (χ3v) is 8.24. The molecule has 1 saturated heterocycles. The number of carbonyl (C=O) groups is 2. The van der Waals surface area contributed by atoms with E-state index in [4.69, 9.17) is 16.1 Å². The molecular formula is C29H30ClN9O3. The van der Waals surface area contributed by atoms with Crippen molar-refractivity contribution < 1.29 is 14.1 Å². The summed E-state index contributed by atoms with van der Waals surface area (Å²) in [7, 11) is 0. The van der Waals surface area contributed by atoms with Crippen LogP contribution in [0.4, 0.5) is 27.9 Å². The molecule has 6 bridgehead atoms. The third-order valence-electron chi connectivity index (χ3n) is 7.96. The van der Waals surface area contributed by atoms with E-state index in [1.54, 1.807) is 23.4 Å². The summed E-state index contributed by atoms with van der Waals surface area (Å²) in [5.74, 6) is 2.14. The van der Waals surface area contributed by atoms with E-state index in [-0.39, 0.29) is 23.9 Å². The molecule has 1 aliphatic carbocycles. The Labute approximate surface area is 247 Å². The number of hydrogen-bond donors (Lipinski definition) is 4. The molecule has 2 aromatic heterocycles. The van der Waals surface area contributed by atoms with Gasteiger partial charge in [-0.3, -0.25) is 9.79 Å². The van der Waals surface area contributed by atoms with Gasteiger partial charge in [0.15, 0.2) is 11.5 Å². The predicted molar refractivity (Wildman–Crippen MR) is 158 cm³/mol. The largest absolute Gasteiger partial charge is 0.360 e. The molecule has 0 radical (unpaired) electrons. The number of carbonyl (C=O) groups excluding carboxylic acids is 2. The van der Waals surface area contributed by atoms with Gasteiger partial charge in [0.2, 0.25) is 5.95 Å². The second-order valence-corrected chi connectivity index (χ2v) is 11.6. The minimum atomic E-state index is -0.316. The van der Waals surface area contributed by atoms with Gasteiger partial charge in [0.05, 0.1) is 6.20 Å². The van der Waals surface area contributed by atoms with Crippen molar-refractivity contribution in [2.24, 2.45) is 10.9 Å². The number of rotatable bonds is 4. The van der Waals surface area contributed by atoms with Gasteiger partial charge in [0, 0.05) is 66.5 Å². The Bertz CT molecular complexity index is 1600. The maximum atomic E-state index is 13.1. The van der Waals surface area contributed by atoms with Crippen LogP contribution in [0.1, 0.15) is 59.8 Å². The summed E-state index contributed by atoms with van der Waals surface area (Å²) >= 11 is 6.38. The Hall–Kier alpha value is -4.45. The second-order valence-electron chi connectivity index (χ2n) is 11.2. The van der Waals surface area contributed by atoms with E-state index in [9.17, 15) is 9.59 Å².